The largest absolute Gasteiger partial charge is 0.494 e. The molecule has 0 aliphatic carbocycles. The Balaban J connectivity index is 1.92. The number of thioether (sulfide) groups is 1. The smallest absolute Gasteiger partial charge is 0.173 e. The molecule has 0 saturated heterocycles. The minimum absolute atomic E-state index is 0.138. The summed E-state index contributed by atoms with van der Waals surface area (Å²) in [5.41, 5.74) is 1.96. The van der Waals surface area contributed by atoms with Gasteiger partial charge in [-0.25, -0.2) is 0 Å². The fraction of sp³-hybridized carbons (Fsp3) is 0.235. The van der Waals surface area contributed by atoms with Crippen LogP contribution in [0.2, 0.25) is 0 Å². The van der Waals surface area contributed by atoms with E-state index in [0.29, 0.717) is 12.4 Å². The van der Waals surface area contributed by atoms with Crippen molar-refractivity contribution in [1.29, 1.82) is 0 Å². The number of carbonyl (C=O) groups is 1. The third-order valence-electron chi connectivity index (χ3n) is 2.88. The van der Waals surface area contributed by atoms with Crippen LogP contribution in [0.5, 0.6) is 5.75 Å². The van der Waals surface area contributed by atoms with Gasteiger partial charge in [-0.1, -0.05) is 17.7 Å². The zero-order valence-corrected chi connectivity index (χ0v) is 12.6. The number of Topliss-reactive ketones (excluding diaryl/α,β-unsaturated/α-hetero) is 1. The van der Waals surface area contributed by atoms with E-state index < -0.39 is 0 Å². The van der Waals surface area contributed by atoms with Gasteiger partial charge >= 0.3 is 0 Å². The van der Waals surface area contributed by atoms with E-state index in [4.69, 9.17) is 4.74 Å². The molecule has 0 atom stereocenters. The van der Waals surface area contributed by atoms with Crippen molar-refractivity contribution in [2.24, 2.45) is 0 Å². The van der Waals surface area contributed by atoms with Crippen molar-refractivity contribution in [1.82, 2.24) is 0 Å². The predicted octanol–water partition coefficient (Wildman–Crippen LogP) is 4.37. The molecular formula is C17H18O2S. The van der Waals surface area contributed by atoms with Crippen molar-refractivity contribution in [2.75, 3.05) is 12.4 Å². The van der Waals surface area contributed by atoms with Gasteiger partial charge < -0.3 is 4.74 Å². The minimum atomic E-state index is 0.138. The van der Waals surface area contributed by atoms with Gasteiger partial charge in [0, 0.05) is 10.5 Å². The summed E-state index contributed by atoms with van der Waals surface area (Å²) in [5.74, 6) is 1.39. The van der Waals surface area contributed by atoms with Crippen LogP contribution in [0, 0.1) is 6.92 Å². The van der Waals surface area contributed by atoms with Gasteiger partial charge in [0.05, 0.1) is 12.4 Å². The van der Waals surface area contributed by atoms with Gasteiger partial charge in [-0.2, -0.15) is 0 Å². The van der Waals surface area contributed by atoms with E-state index in [1.807, 2.05) is 43.3 Å². The molecule has 0 aliphatic heterocycles. The average molecular weight is 286 g/mol. The maximum atomic E-state index is 12.1. The first-order valence-corrected chi connectivity index (χ1v) is 7.63. The maximum Gasteiger partial charge on any atom is 0.173 e. The molecule has 0 amide bonds. The van der Waals surface area contributed by atoms with Crippen LogP contribution in [-0.4, -0.2) is 18.1 Å². The van der Waals surface area contributed by atoms with Gasteiger partial charge in [-0.15, -0.1) is 11.8 Å². The Bertz CT molecular complexity index is 559. The normalized spacial score (nSPS) is 10.3. The molecule has 0 spiro atoms. The van der Waals surface area contributed by atoms with Crippen LogP contribution in [0.1, 0.15) is 22.8 Å². The maximum absolute atomic E-state index is 12.1. The van der Waals surface area contributed by atoms with Crippen LogP contribution in [0.25, 0.3) is 0 Å². The zero-order chi connectivity index (χ0) is 14.4. The average Bonchev–Trinajstić information content (AvgIpc) is 2.47. The third kappa shape index (κ3) is 4.14. The molecule has 0 heterocycles. The number of ether oxygens (including phenoxy) is 1. The number of rotatable bonds is 6. The zero-order valence-electron chi connectivity index (χ0n) is 11.8. The Morgan fingerprint density at radius 3 is 2.30 bits per heavy atom. The molecular weight excluding hydrogens is 268 g/mol. The van der Waals surface area contributed by atoms with Crippen molar-refractivity contribution in [3.05, 3.63) is 59.7 Å². The summed E-state index contributed by atoms with van der Waals surface area (Å²) in [4.78, 5) is 13.2. The van der Waals surface area contributed by atoms with Crippen LogP contribution >= 0.6 is 11.8 Å². The first-order valence-electron chi connectivity index (χ1n) is 6.64. The van der Waals surface area contributed by atoms with Gasteiger partial charge in [-0.3, -0.25) is 4.79 Å². The van der Waals surface area contributed by atoms with E-state index in [0.717, 1.165) is 16.2 Å². The lowest BCUT2D eigenvalue weighted by Crippen LogP contribution is -2.02. The van der Waals surface area contributed by atoms with Crippen molar-refractivity contribution in [3.63, 3.8) is 0 Å². The van der Waals surface area contributed by atoms with Gasteiger partial charge in [0.15, 0.2) is 5.78 Å². The second kappa shape index (κ2) is 7.15. The predicted molar refractivity (Wildman–Crippen MR) is 83.8 cm³/mol. The van der Waals surface area contributed by atoms with Gasteiger partial charge in [0.1, 0.15) is 5.75 Å². The molecule has 0 saturated carbocycles. The van der Waals surface area contributed by atoms with Gasteiger partial charge in [-0.05, 0) is 50.2 Å². The summed E-state index contributed by atoms with van der Waals surface area (Å²) in [7, 11) is 0. The molecule has 20 heavy (non-hydrogen) atoms. The second-order valence-corrected chi connectivity index (χ2v) is 5.53. The standard InChI is InChI=1S/C17H18O2S/c1-3-19-15-8-6-14(7-9-15)17(18)12-20-16-10-4-13(2)5-11-16/h4-11H,3,12H2,1-2H3. The summed E-state index contributed by atoms with van der Waals surface area (Å²) in [6.45, 7) is 4.63. The van der Waals surface area contributed by atoms with Gasteiger partial charge in [0.2, 0.25) is 0 Å². The van der Waals surface area contributed by atoms with E-state index in [1.54, 1.807) is 11.8 Å². The Labute approximate surface area is 124 Å². The molecule has 3 heteroatoms. The first kappa shape index (κ1) is 14.7. The summed E-state index contributed by atoms with van der Waals surface area (Å²) in [6.07, 6.45) is 0. The van der Waals surface area contributed by atoms with E-state index in [1.165, 1.54) is 5.56 Å². The number of hydrogen-bond donors (Lipinski definition) is 0. The number of hydrogen-bond acceptors (Lipinski definition) is 3. The summed E-state index contributed by atoms with van der Waals surface area (Å²) in [6, 6.07) is 15.5. The molecule has 0 unspecified atom stereocenters. The van der Waals surface area contributed by atoms with Crippen LogP contribution in [0.4, 0.5) is 0 Å². The SMILES string of the molecule is CCOc1ccc(C(=O)CSc2ccc(C)cc2)cc1. The first-order chi connectivity index (χ1) is 9.69. The van der Waals surface area contributed by atoms with Crippen molar-refractivity contribution in [2.45, 2.75) is 18.7 Å². The second-order valence-electron chi connectivity index (χ2n) is 4.48. The van der Waals surface area contributed by atoms with Crippen molar-refractivity contribution < 1.29 is 9.53 Å². The van der Waals surface area contributed by atoms with E-state index >= 15 is 0 Å². The number of aryl methyl sites for hydroxylation is 1. The quantitative estimate of drug-likeness (QED) is 0.582. The van der Waals surface area contributed by atoms with Crippen molar-refractivity contribution in [3.8, 4) is 5.75 Å². The highest BCUT2D eigenvalue weighted by Gasteiger charge is 2.07. The van der Waals surface area contributed by atoms with E-state index in [2.05, 4.69) is 19.1 Å². The topological polar surface area (TPSA) is 26.3 Å². The molecule has 2 aromatic carbocycles. The molecule has 0 N–H and O–H groups in total. The molecule has 0 radical (unpaired) electrons. The van der Waals surface area contributed by atoms with Crippen LogP contribution in [0.3, 0.4) is 0 Å². The Kier molecular flexibility index (Phi) is 5.24. The Morgan fingerprint density at radius 2 is 1.70 bits per heavy atom. The fourth-order valence-electron chi connectivity index (χ4n) is 1.77. The van der Waals surface area contributed by atoms with Gasteiger partial charge in [0.25, 0.3) is 0 Å². The molecule has 0 bridgehead atoms. The molecule has 2 rings (SSSR count). The van der Waals surface area contributed by atoms with Crippen LogP contribution in [0.15, 0.2) is 53.4 Å². The lowest BCUT2D eigenvalue weighted by molar-refractivity contribution is 0.102. The molecule has 2 aromatic rings. The number of carbonyl (C=O) groups excluding carboxylic acids is 1. The molecule has 2 nitrogen and oxygen atoms in total. The van der Waals surface area contributed by atoms with Crippen LogP contribution in [-0.2, 0) is 0 Å². The van der Waals surface area contributed by atoms with Crippen molar-refractivity contribution >= 4 is 17.5 Å². The lowest BCUT2D eigenvalue weighted by Gasteiger charge is -2.05. The summed E-state index contributed by atoms with van der Waals surface area (Å²) >= 11 is 1.57. The highest BCUT2D eigenvalue weighted by molar-refractivity contribution is 8.00. The monoisotopic (exact) mass is 286 g/mol. The lowest BCUT2D eigenvalue weighted by atomic mass is 10.1. The summed E-state index contributed by atoms with van der Waals surface area (Å²) < 4.78 is 5.36. The minimum Gasteiger partial charge on any atom is -0.494 e. The summed E-state index contributed by atoms with van der Waals surface area (Å²) in [5, 5.41) is 0. The number of ketones is 1. The molecule has 0 aliphatic rings. The number of benzene rings is 2. The van der Waals surface area contributed by atoms with Crippen LogP contribution < -0.4 is 4.74 Å². The third-order valence-corrected chi connectivity index (χ3v) is 3.89. The van der Waals surface area contributed by atoms with E-state index in [9.17, 15) is 4.79 Å². The highest BCUT2D eigenvalue weighted by Crippen LogP contribution is 2.20. The molecule has 0 fully saturated rings. The highest BCUT2D eigenvalue weighted by atomic mass is 32.2. The fourth-order valence-corrected chi connectivity index (χ4v) is 2.56. The molecule has 104 valence electrons. The Morgan fingerprint density at radius 1 is 1.05 bits per heavy atom. The molecule has 0 aromatic heterocycles. The Hall–Kier alpha value is -1.74. The van der Waals surface area contributed by atoms with E-state index in [-0.39, 0.29) is 5.78 Å².